The Morgan fingerprint density at radius 3 is 2.22 bits per heavy atom. The molecule has 1 saturated heterocycles. The van der Waals surface area contributed by atoms with Crippen LogP contribution in [0.1, 0.15) is 52.3 Å². The number of likely N-dealkylation sites (N-methyl/N-ethyl adjacent to an activating group) is 1. The summed E-state index contributed by atoms with van der Waals surface area (Å²) in [5.74, 6) is 0. The average Bonchev–Trinajstić information content (AvgIpc) is 3.16. The normalized spacial score (nSPS) is 17.5. The van der Waals surface area contributed by atoms with Gasteiger partial charge >= 0.3 is 6.03 Å². The number of aliphatic hydroxyl groups is 1. The summed E-state index contributed by atoms with van der Waals surface area (Å²) in [6.07, 6.45) is 2.73. The van der Waals surface area contributed by atoms with Gasteiger partial charge in [-0.25, -0.2) is 4.79 Å². The van der Waals surface area contributed by atoms with Gasteiger partial charge in [0.15, 0.2) is 6.29 Å². The van der Waals surface area contributed by atoms with Crippen molar-refractivity contribution < 1.29 is 19.4 Å². The Morgan fingerprint density at radius 2 is 1.49 bits per heavy atom. The first-order valence-electron chi connectivity index (χ1n) is 16.9. The molecule has 0 saturated carbocycles. The van der Waals surface area contributed by atoms with Crippen molar-refractivity contribution in [2.24, 2.45) is 0 Å². The number of carbonyl (C=O) groups excluding carboxylic acids is 1. The van der Waals surface area contributed by atoms with Crippen LogP contribution in [-0.2, 0) is 35.6 Å². The molecule has 1 aliphatic heterocycles. The van der Waals surface area contributed by atoms with E-state index < -0.39 is 6.29 Å². The Balaban J connectivity index is 1.10. The Hall–Kier alpha value is -4.86. The summed E-state index contributed by atoms with van der Waals surface area (Å²) in [6.45, 7) is 2.56. The van der Waals surface area contributed by atoms with Crippen LogP contribution in [0.3, 0.4) is 0 Å². The molecule has 1 fully saturated rings. The van der Waals surface area contributed by atoms with E-state index in [4.69, 9.17) is 9.47 Å². The number of urea groups is 1. The third kappa shape index (κ3) is 9.84. The predicted octanol–water partition coefficient (Wildman–Crippen LogP) is 6.96. The molecule has 8 heteroatoms. The minimum atomic E-state index is -0.524. The number of aromatic nitrogens is 1. The molecule has 1 aromatic heterocycles. The lowest BCUT2D eigenvalue weighted by atomic mass is 9.99. The van der Waals surface area contributed by atoms with Gasteiger partial charge in [0.2, 0.25) is 0 Å². The number of amides is 2. The van der Waals surface area contributed by atoms with Gasteiger partial charge in [0, 0.05) is 56.5 Å². The van der Waals surface area contributed by atoms with E-state index in [1.807, 2.05) is 85.1 Å². The van der Waals surface area contributed by atoms with E-state index in [1.165, 1.54) is 0 Å². The number of nitrogens with one attached hydrogen (secondary N) is 2. The fourth-order valence-electron chi connectivity index (χ4n) is 6.04. The van der Waals surface area contributed by atoms with E-state index in [-0.39, 0.29) is 24.8 Å². The van der Waals surface area contributed by atoms with Crippen LogP contribution >= 0.6 is 0 Å². The van der Waals surface area contributed by atoms with E-state index in [1.54, 1.807) is 0 Å². The number of pyridine rings is 1. The Morgan fingerprint density at radius 1 is 0.776 bits per heavy atom. The van der Waals surface area contributed by atoms with Crippen LogP contribution in [0.5, 0.6) is 0 Å². The molecule has 2 amide bonds. The van der Waals surface area contributed by atoms with Crippen molar-refractivity contribution in [2.75, 3.05) is 20.1 Å². The highest BCUT2D eigenvalue weighted by Gasteiger charge is 2.32. The molecule has 3 N–H and O–H groups in total. The van der Waals surface area contributed by atoms with E-state index in [9.17, 15) is 9.90 Å². The van der Waals surface area contributed by atoms with Gasteiger partial charge in [-0.05, 0) is 58.6 Å². The third-order valence-corrected chi connectivity index (χ3v) is 8.80. The minimum Gasteiger partial charge on any atom is -0.392 e. The zero-order chi connectivity index (χ0) is 33.8. The van der Waals surface area contributed by atoms with Crippen LogP contribution in [-0.4, -0.2) is 47.3 Å². The first-order chi connectivity index (χ1) is 24.0. The fourth-order valence-corrected chi connectivity index (χ4v) is 6.04. The van der Waals surface area contributed by atoms with Crippen LogP contribution in [0, 0.1) is 0 Å². The highest BCUT2D eigenvalue weighted by molar-refractivity contribution is 5.74. The first-order valence-corrected chi connectivity index (χ1v) is 16.9. The second-order valence-corrected chi connectivity index (χ2v) is 12.5. The van der Waals surface area contributed by atoms with Gasteiger partial charge in [-0.2, -0.15) is 0 Å². The minimum absolute atomic E-state index is 0.0110. The molecule has 0 bridgehead atoms. The van der Waals surface area contributed by atoms with Gasteiger partial charge in [0.1, 0.15) is 0 Å². The second-order valence-electron chi connectivity index (χ2n) is 12.5. The second kappa shape index (κ2) is 17.0. The Kier molecular flexibility index (Phi) is 11.8. The monoisotopic (exact) mass is 656 g/mol. The van der Waals surface area contributed by atoms with Crippen molar-refractivity contribution in [3.05, 3.63) is 161 Å². The topological polar surface area (TPSA) is 96.0 Å². The lowest BCUT2D eigenvalue weighted by Gasteiger charge is -2.38. The quantitative estimate of drug-likeness (QED) is 0.127. The molecule has 0 spiro atoms. The van der Waals surface area contributed by atoms with Crippen molar-refractivity contribution in [3.8, 4) is 11.1 Å². The summed E-state index contributed by atoms with van der Waals surface area (Å²) in [7, 11) is 2.12. The number of carbonyl (C=O) groups is 1. The molecular formula is C41H44N4O4. The highest BCUT2D eigenvalue weighted by atomic mass is 16.7. The number of rotatable bonds is 13. The summed E-state index contributed by atoms with van der Waals surface area (Å²) in [4.78, 5) is 19.2. The van der Waals surface area contributed by atoms with Crippen LogP contribution in [0.4, 0.5) is 4.79 Å². The fraction of sp³-hybridized carbons (Fsp3) is 0.268. The van der Waals surface area contributed by atoms with Crippen LogP contribution < -0.4 is 10.6 Å². The number of benzene rings is 4. The zero-order valence-electron chi connectivity index (χ0n) is 27.9. The molecule has 49 heavy (non-hydrogen) atoms. The average molecular weight is 657 g/mol. The van der Waals surface area contributed by atoms with Crippen LogP contribution in [0.25, 0.3) is 11.1 Å². The number of ether oxygens (including phenoxy) is 2. The molecule has 0 radical (unpaired) electrons. The lowest BCUT2D eigenvalue weighted by molar-refractivity contribution is -0.252. The summed E-state index contributed by atoms with van der Waals surface area (Å²) in [5, 5.41) is 15.4. The SMILES string of the molecule is CN(CCc1ccccn1)CC1CC(c2ccc(CO)cc2)OC(c2ccc(-c3cccc(CNC(=O)NCc4ccccc4)c3)cc2)O1. The number of aliphatic hydroxyl groups excluding tert-OH is 1. The van der Waals surface area contributed by atoms with E-state index in [0.717, 1.165) is 70.6 Å². The molecule has 0 aliphatic carbocycles. The Bertz CT molecular complexity index is 1750. The van der Waals surface area contributed by atoms with Crippen molar-refractivity contribution in [2.45, 2.75) is 51.0 Å². The number of nitrogens with zero attached hydrogens (tertiary/aromatic N) is 2. The highest BCUT2D eigenvalue weighted by Crippen LogP contribution is 2.38. The van der Waals surface area contributed by atoms with Gasteiger partial charge in [-0.15, -0.1) is 0 Å². The summed E-state index contributed by atoms with van der Waals surface area (Å²) in [5.41, 5.74) is 8.18. The molecule has 8 nitrogen and oxygen atoms in total. The predicted molar refractivity (Wildman–Crippen MR) is 191 cm³/mol. The Labute approximate surface area is 288 Å². The molecule has 252 valence electrons. The smallest absolute Gasteiger partial charge is 0.315 e. The number of hydrogen-bond donors (Lipinski definition) is 3. The zero-order valence-corrected chi connectivity index (χ0v) is 27.9. The molecule has 5 aromatic rings. The van der Waals surface area contributed by atoms with E-state index >= 15 is 0 Å². The van der Waals surface area contributed by atoms with Gasteiger partial charge in [-0.1, -0.05) is 103 Å². The van der Waals surface area contributed by atoms with Gasteiger partial charge in [0.05, 0.1) is 18.8 Å². The maximum absolute atomic E-state index is 12.4. The summed E-state index contributed by atoms with van der Waals surface area (Å²) >= 11 is 0. The van der Waals surface area contributed by atoms with Crippen LogP contribution in [0.2, 0.25) is 0 Å². The van der Waals surface area contributed by atoms with Crippen molar-refractivity contribution in [1.29, 1.82) is 0 Å². The third-order valence-electron chi connectivity index (χ3n) is 8.80. The van der Waals surface area contributed by atoms with Crippen molar-refractivity contribution in [3.63, 3.8) is 0 Å². The van der Waals surface area contributed by atoms with Gasteiger partial charge in [-0.3, -0.25) is 4.98 Å². The maximum atomic E-state index is 12.4. The molecular weight excluding hydrogens is 612 g/mol. The standard InChI is InChI=1S/C41H44N4O4/c1-45(23-21-37-12-5-6-22-42-37)28-38-25-39(34-15-13-31(29-46)14-16-34)49-40(48-38)35-19-17-33(18-20-35)36-11-7-10-32(24-36)27-44-41(47)43-26-30-8-3-2-4-9-30/h2-20,22,24,38-40,46H,21,23,25-29H2,1H3,(H2,43,44,47). The molecule has 4 aromatic carbocycles. The summed E-state index contributed by atoms with van der Waals surface area (Å²) in [6, 6.07) is 40.2. The molecule has 2 heterocycles. The first kappa shape index (κ1) is 34.0. The molecule has 6 rings (SSSR count). The van der Waals surface area contributed by atoms with Crippen molar-refractivity contribution >= 4 is 6.03 Å². The molecule has 3 atom stereocenters. The van der Waals surface area contributed by atoms with E-state index in [2.05, 4.69) is 70.0 Å². The van der Waals surface area contributed by atoms with E-state index in [0.29, 0.717) is 13.1 Å². The van der Waals surface area contributed by atoms with Gasteiger partial charge in [0.25, 0.3) is 0 Å². The summed E-state index contributed by atoms with van der Waals surface area (Å²) < 4.78 is 13.2. The largest absolute Gasteiger partial charge is 0.392 e. The van der Waals surface area contributed by atoms with Gasteiger partial charge < -0.3 is 30.1 Å². The molecule has 3 unspecified atom stereocenters. The lowest BCUT2D eigenvalue weighted by Crippen LogP contribution is -2.38. The maximum Gasteiger partial charge on any atom is 0.315 e. The number of hydrogen-bond acceptors (Lipinski definition) is 6. The van der Waals surface area contributed by atoms with Crippen molar-refractivity contribution in [1.82, 2.24) is 20.5 Å². The van der Waals surface area contributed by atoms with Crippen LogP contribution in [0.15, 0.2) is 128 Å². The molecule has 1 aliphatic rings.